The van der Waals surface area contributed by atoms with Gasteiger partial charge in [-0.2, -0.15) is 0 Å². The second-order valence-corrected chi connectivity index (χ2v) is 4.02. The van der Waals surface area contributed by atoms with Crippen LogP contribution in [0.15, 0.2) is 18.2 Å². The molecule has 0 aromatic heterocycles. The lowest BCUT2D eigenvalue weighted by atomic mass is 10.3. The number of anilines is 1. The van der Waals surface area contributed by atoms with Crippen LogP contribution in [-0.2, 0) is 4.79 Å². The van der Waals surface area contributed by atoms with Crippen LogP contribution in [0.4, 0.5) is 5.69 Å². The van der Waals surface area contributed by atoms with Gasteiger partial charge in [0.25, 0.3) is 0 Å². The quantitative estimate of drug-likeness (QED) is 0.879. The van der Waals surface area contributed by atoms with E-state index in [0.29, 0.717) is 17.3 Å². The highest BCUT2D eigenvalue weighted by molar-refractivity contribution is 6.32. The van der Waals surface area contributed by atoms with E-state index in [4.69, 9.17) is 16.3 Å². The summed E-state index contributed by atoms with van der Waals surface area (Å²) < 4.78 is 5.09. The molecule has 0 heterocycles. The number of amides is 1. The summed E-state index contributed by atoms with van der Waals surface area (Å²) in [5.74, 6) is 0.634. The number of benzene rings is 1. The van der Waals surface area contributed by atoms with Gasteiger partial charge in [-0.05, 0) is 19.1 Å². The molecule has 1 N–H and O–H groups in total. The lowest BCUT2D eigenvalue weighted by molar-refractivity contribution is -0.127. The summed E-state index contributed by atoms with van der Waals surface area (Å²) in [7, 11) is 3.33. The molecule has 0 aliphatic rings. The van der Waals surface area contributed by atoms with Crippen molar-refractivity contribution in [2.75, 3.05) is 32.6 Å². The molecule has 0 spiro atoms. The second kappa shape index (κ2) is 6.35. The van der Waals surface area contributed by atoms with Crippen LogP contribution in [-0.4, -0.2) is 38.1 Å². The smallest absolute Gasteiger partial charge is 0.241 e. The fourth-order valence-electron chi connectivity index (χ4n) is 1.26. The average molecular weight is 257 g/mol. The van der Waals surface area contributed by atoms with E-state index in [0.717, 1.165) is 5.69 Å². The highest BCUT2D eigenvalue weighted by atomic mass is 35.5. The van der Waals surface area contributed by atoms with E-state index in [1.807, 2.05) is 13.0 Å². The molecule has 0 radical (unpaired) electrons. The number of methoxy groups -OCH3 is 1. The number of ether oxygens (including phenoxy) is 1. The first-order valence-corrected chi connectivity index (χ1v) is 5.77. The molecule has 1 aromatic carbocycles. The van der Waals surface area contributed by atoms with E-state index >= 15 is 0 Å². The van der Waals surface area contributed by atoms with Crippen molar-refractivity contribution < 1.29 is 9.53 Å². The molecule has 0 aliphatic carbocycles. The standard InChI is InChI=1S/C12H17ClN2O2/c1-4-15(2)12(16)8-14-9-5-6-10(13)11(7-9)17-3/h5-7,14H,4,8H2,1-3H3. The first kappa shape index (κ1) is 13.6. The maximum absolute atomic E-state index is 11.6. The van der Waals surface area contributed by atoms with Crippen molar-refractivity contribution in [1.82, 2.24) is 4.90 Å². The topological polar surface area (TPSA) is 41.6 Å². The van der Waals surface area contributed by atoms with Gasteiger partial charge in [0.15, 0.2) is 0 Å². The summed E-state index contributed by atoms with van der Waals surface area (Å²) in [6.07, 6.45) is 0. The number of halogens is 1. The van der Waals surface area contributed by atoms with Crippen molar-refractivity contribution in [3.05, 3.63) is 23.2 Å². The van der Waals surface area contributed by atoms with E-state index in [9.17, 15) is 4.79 Å². The second-order valence-electron chi connectivity index (χ2n) is 3.61. The molecule has 0 atom stereocenters. The van der Waals surface area contributed by atoms with Crippen molar-refractivity contribution >= 4 is 23.2 Å². The predicted molar refractivity (Wildman–Crippen MR) is 69.8 cm³/mol. The Morgan fingerprint density at radius 2 is 2.24 bits per heavy atom. The Kier molecular flexibility index (Phi) is 5.10. The Hall–Kier alpha value is -1.42. The predicted octanol–water partition coefficient (Wildman–Crippen LogP) is 2.24. The van der Waals surface area contributed by atoms with Gasteiger partial charge < -0.3 is 15.0 Å². The summed E-state index contributed by atoms with van der Waals surface area (Å²) in [5, 5.41) is 3.58. The molecule has 0 bridgehead atoms. The molecule has 0 aliphatic heterocycles. The summed E-state index contributed by atoms with van der Waals surface area (Å²) >= 11 is 5.90. The van der Waals surface area contributed by atoms with Gasteiger partial charge in [-0.1, -0.05) is 11.6 Å². The largest absolute Gasteiger partial charge is 0.495 e. The highest BCUT2D eigenvalue weighted by Gasteiger charge is 2.07. The zero-order valence-corrected chi connectivity index (χ0v) is 11.0. The zero-order chi connectivity index (χ0) is 12.8. The average Bonchev–Trinajstić information content (AvgIpc) is 2.36. The highest BCUT2D eigenvalue weighted by Crippen LogP contribution is 2.27. The number of nitrogens with one attached hydrogen (secondary N) is 1. The van der Waals surface area contributed by atoms with Gasteiger partial charge >= 0.3 is 0 Å². The fraction of sp³-hybridized carbons (Fsp3) is 0.417. The number of nitrogens with zero attached hydrogens (tertiary/aromatic N) is 1. The molecular formula is C12H17ClN2O2. The lowest BCUT2D eigenvalue weighted by Gasteiger charge is -2.15. The van der Waals surface area contributed by atoms with Crippen LogP contribution in [0.1, 0.15) is 6.92 Å². The normalized spacial score (nSPS) is 9.88. The summed E-state index contributed by atoms with van der Waals surface area (Å²) in [4.78, 5) is 13.2. The van der Waals surface area contributed by atoms with Crippen molar-refractivity contribution in [1.29, 1.82) is 0 Å². The maximum Gasteiger partial charge on any atom is 0.241 e. The van der Waals surface area contributed by atoms with Gasteiger partial charge in [-0.3, -0.25) is 4.79 Å². The molecule has 1 aromatic rings. The minimum Gasteiger partial charge on any atom is -0.495 e. The zero-order valence-electron chi connectivity index (χ0n) is 10.3. The fourth-order valence-corrected chi connectivity index (χ4v) is 1.45. The van der Waals surface area contributed by atoms with Gasteiger partial charge in [0.05, 0.1) is 18.7 Å². The number of likely N-dealkylation sites (N-methyl/N-ethyl adjacent to an activating group) is 1. The molecule has 0 fully saturated rings. The molecule has 17 heavy (non-hydrogen) atoms. The van der Waals surface area contributed by atoms with Crippen LogP contribution < -0.4 is 10.1 Å². The van der Waals surface area contributed by atoms with Crippen molar-refractivity contribution in [2.45, 2.75) is 6.92 Å². The summed E-state index contributed by atoms with van der Waals surface area (Å²) in [6, 6.07) is 5.31. The Balaban J connectivity index is 2.61. The molecule has 1 amide bonds. The minimum atomic E-state index is 0.0430. The molecule has 0 unspecified atom stereocenters. The van der Waals surface area contributed by atoms with Gasteiger partial charge in [0.1, 0.15) is 5.75 Å². The van der Waals surface area contributed by atoms with Crippen LogP contribution in [0.3, 0.4) is 0 Å². The van der Waals surface area contributed by atoms with E-state index < -0.39 is 0 Å². The van der Waals surface area contributed by atoms with Gasteiger partial charge in [0.2, 0.25) is 5.91 Å². The Morgan fingerprint density at radius 1 is 1.53 bits per heavy atom. The lowest BCUT2D eigenvalue weighted by Crippen LogP contribution is -2.31. The molecule has 4 nitrogen and oxygen atoms in total. The van der Waals surface area contributed by atoms with E-state index in [2.05, 4.69) is 5.32 Å². The first-order chi connectivity index (χ1) is 8.08. The number of hydrogen-bond acceptors (Lipinski definition) is 3. The third kappa shape index (κ3) is 3.82. The molecule has 5 heteroatoms. The van der Waals surface area contributed by atoms with Crippen molar-refractivity contribution in [2.24, 2.45) is 0 Å². The van der Waals surface area contributed by atoms with Crippen LogP contribution >= 0.6 is 11.6 Å². The van der Waals surface area contributed by atoms with Crippen LogP contribution in [0.5, 0.6) is 5.75 Å². The summed E-state index contributed by atoms with van der Waals surface area (Å²) in [5.41, 5.74) is 0.809. The maximum atomic E-state index is 11.6. The van der Waals surface area contributed by atoms with Crippen LogP contribution in [0, 0.1) is 0 Å². The minimum absolute atomic E-state index is 0.0430. The number of rotatable bonds is 5. The van der Waals surface area contributed by atoms with E-state index in [1.165, 1.54) is 0 Å². The Morgan fingerprint density at radius 3 is 2.82 bits per heavy atom. The Bertz CT molecular complexity index is 396. The summed E-state index contributed by atoms with van der Waals surface area (Å²) in [6.45, 7) is 2.89. The third-order valence-corrected chi connectivity index (χ3v) is 2.81. The molecule has 0 saturated carbocycles. The first-order valence-electron chi connectivity index (χ1n) is 5.39. The number of hydrogen-bond donors (Lipinski definition) is 1. The number of carbonyl (C=O) groups excluding carboxylic acids is 1. The Labute approximate surface area is 107 Å². The van der Waals surface area contributed by atoms with E-state index in [-0.39, 0.29) is 12.5 Å². The molecule has 94 valence electrons. The van der Waals surface area contributed by atoms with Crippen LogP contribution in [0.2, 0.25) is 5.02 Å². The van der Waals surface area contributed by atoms with Gasteiger partial charge in [-0.15, -0.1) is 0 Å². The van der Waals surface area contributed by atoms with Gasteiger partial charge in [0, 0.05) is 25.3 Å². The number of carbonyl (C=O) groups is 1. The van der Waals surface area contributed by atoms with Gasteiger partial charge in [-0.25, -0.2) is 0 Å². The molecule has 0 saturated heterocycles. The van der Waals surface area contributed by atoms with E-state index in [1.54, 1.807) is 31.2 Å². The van der Waals surface area contributed by atoms with Crippen LogP contribution in [0.25, 0.3) is 0 Å². The molecule has 1 rings (SSSR count). The monoisotopic (exact) mass is 256 g/mol. The third-order valence-electron chi connectivity index (χ3n) is 2.49. The van der Waals surface area contributed by atoms with Crippen molar-refractivity contribution in [3.8, 4) is 5.75 Å². The van der Waals surface area contributed by atoms with Crippen molar-refractivity contribution in [3.63, 3.8) is 0 Å². The molecular weight excluding hydrogens is 240 g/mol. The SMILES string of the molecule is CCN(C)C(=O)CNc1ccc(Cl)c(OC)c1.